The molecule has 1 aromatic carbocycles. The van der Waals surface area contributed by atoms with Crippen LogP contribution in [0, 0.1) is 3.77 Å². The first-order valence-electron chi connectivity index (χ1n) is 8.28. The number of benzene rings is 1. The number of halogens is 2. The molecule has 1 fully saturated rings. The molecule has 0 spiro atoms. The minimum absolute atomic E-state index is 0.0250. The Morgan fingerprint density at radius 2 is 1.81 bits per heavy atom. The lowest BCUT2D eigenvalue weighted by Gasteiger charge is -2.29. The van der Waals surface area contributed by atoms with E-state index in [2.05, 4.69) is 32.7 Å². The third-order valence-corrected chi connectivity index (χ3v) is 7.23. The number of rotatable bonds is 4. The van der Waals surface area contributed by atoms with Gasteiger partial charge in [0.1, 0.15) is 0 Å². The topological polar surface area (TPSA) is 89.4 Å². The quantitative estimate of drug-likeness (QED) is 0.481. The standard InChI is InChI=1S/C17H15ClIN3O4S/c18-12-1-3-13(4-2-12)27(23,24)22-9-7-11(8-10-22)17-20-16(21-26-17)14-5-6-15(19)25-14/h1-6,11H,7-10H2. The smallest absolute Gasteiger partial charge is 0.243 e. The normalized spacial score (nSPS) is 16.7. The van der Waals surface area contributed by atoms with Crippen molar-refractivity contribution >= 4 is 44.2 Å². The van der Waals surface area contributed by atoms with Crippen molar-refractivity contribution < 1.29 is 17.4 Å². The monoisotopic (exact) mass is 519 g/mol. The summed E-state index contributed by atoms with van der Waals surface area (Å²) in [5.41, 5.74) is 0. The van der Waals surface area contributed by atoms with Gasteiger partial charge in [-0.25, -0.2) is 8.42 Å². The molecular weight excluding hydrogens is 505 g/mol. The van der Waals surface area contributed by atoms with Gasteiger partial charge in [-0.2, -0.15) is 9.29 Å². The van der Waals surface area contributed by atoms with Crippen LogP contribution >= 0.6 is 34.2 Å². The fraction of sp³-hybridized carbons (Fsp3) is 0.294. The number of piperidine rings is 1. The molecule has 0 saturated carbocycles. The van der Waals surface area contributed by atoms with Gasteiger partial charge in [0.25, 0.3) is 0 Å². The number of hydrogen-bond acceptors (Lipinski definition) is 6. The Hall–Kier alpha value is -1.43. The summed E-state index contributed by atoms with van der Waals surface area (Å²) in [5.74, 6) is 1.50. The second-order valence-electron chi connectivity index (χ2n) is 6.19. The molecule has 3 aromatic rings. The van der Waals surface area contributed by atoms with Crippen molar-refractivity contribution in [2.24, 2.45) is 0 Å². The summed E-state index contributed by atoms with van der Waals surface area (Å²) in [7, 11) is -3.53. The van der Waals surface area contributed by atoms with Crippen LogP contribution in [-0.2, 0) is 10.0 Å². The van der Waals surface area contributed by atoms with E-state index in [1.165, 1.54) is 16.4 Å². The van der Waals surface area contributed by atoms with Gasteiger partial charge in [-0.05, 0) is 71.8 Å². The van der Waals surface area contributed by atoms with Gasteiger partial charge < -0.3 is 8.94 Å². The predicted octanol–water partition coefficient (Wildman–Crippen LogP) is 4.16. The maximum atomic E-state index is 12.8. The maximum Gasteiger partial charge on any atom is 0.243 e. The van der Waals surface area contributed by atoms with E-state index in [1.54, 1.807) is 18.2 Å². The maximum absolute atomic E-state index is 12.8. The minimum atomic E-state index is -3.53. The highest BCUT2D eigenvalue weighted by atomic mass is 127. The lowest BCUT2D eigenvalue weighted by atomic mass is 9.98. The molecule has 1 aliphatic rings. The van der Waals surface area contributed by atoms with E-state index in [4.69, 9.17) is 20.5 Å². The summed E-state index contributed by atoms with van der Waals surface area (Å²) >= 11 is 7.91. The lowest BCUT2D eigenvalue weighted by Crippen LogP contribution is -2.37. The van der Waals surface area contributed by atoms with Gasteiger partial charge in [0.15, 0.2) is 9.53 Å². The average Bonchev–Trinajstić information content (AvgIpc) is 3.31. The zero-order valence-corrected chi connectivity index (χ0v) is 17.7. The predicted molar refractivity (Wildman–Crippen MR) is 107 cm³/mol. The third-order valence-electron chi connectivity index (χ3n) is 4.49. The fourth-order valence-corrected chi connectivity index (χ4v) is 5.05. The van der Waals surface area contributed by atoms with Crippen molar-refractivity contribution in [1.82, 2.24) is 14.4 Å². The first-order chi connectivity index (χ1) is 12.9. The highest BCUT2D eigenvalue weighted by Gasteiger charge is 2.32. The van der Waals surface area contributed by atoms with E-state index < -0.39 is 10.0 Å². The Labute approximate surface area is 174 Å². The molecule has 2 aromatic heterocycles. The first kappa shape index (κ1) is 18.9. The van der Waals surface area contributed by atoms with Gasteiger partial charge in [0.05, 0.1) is 4.90 Å². The molecule has 3 heterocycles. The number of sulfonamides is 1. The van der Waals surface area contributed by atoms with Gasteiger partial charge in [-0.3, -0.25) is 0 Å². The summed E-state index contributed by atoms with van der Waals surface area (Å²) in [6.45, 7) is 0.790. The van der Waals surface area contributed by atoms with Crippen LogP contribution in [0.2, 0.25) is 5.02 Å². The zero-order valence-electron chi connectivity index (χ0n) is 14.0. The van der Waals surface area contributed by atoms with Crippen LogP contribution in [0.3, 0.4) is 0 Å². The summed E-state index contributed by atoms with van der Waals surface area (Å²) in [6, 6.07) is 9.83. The van der Waals surface area contributed by atoms with E-state index in [9.17, 15) is 8.42 Å². The number of aromatic nitrogens is 2. The van der Waals surface area contributed by atoms with Crippen LogP contribution in [0.1, 0.15) is 24.7 Å². The zero-order chi connectivity index (χ0) is 19.0. The molecule has 0 bridgehead atoms. The Kier molecular flexibility index (Phi) is 5.28. The van der Waals surface area contributed by atoms with Crippen molar-refractivity contribution in [2.75, 3.05) is 13.1 Å². The fourth-order valence-electron chi connectivity index (χ4n) is 3.03. The average molecular weight is 520 g/mol. The van der Waals surface area contributed by atoms with Gasteiger partial charge in [-0.1, -0.05) is 16.8 Å². The van der Waals surface area contributed by atoms with Crippen LogP contribution in [0.5, 0.6) is 0 Å². The van der Waals surface area contributed by atoms with Gasteiger partial charge in [0.2, 0.25) is 21.7 Å². The van der Waals surface area contributed by atoms with E-state index >= 15 is 0 Å². The second-order valence-corrected chi connectivity index (χ2v) is 9.63. The van der Waals surface area contributed by atoms with Crippen molar-refractivity contribution in [3.63, 3.8) is 0 Å². The van der Waals surface area contributed by atoms with E-state index in [1.807, 2.05) is 6.07 Å². The molecule has 7 nitrogen and oxygen atoms in total. The second kappa shape index (κ2) is 7.53. The Balaban J connectivity index is 1.44. The van der Waals surface area contributed by atoms with E-state index in [-0.39, 0.29) is 10.8 Å². The Morgan fingerprint density at radius 3 is 2.44 bits per heavy atom. The van der Waals surface area contributed by atoms with E-state index in [0.717, 1.165) is 3.77 Å². The molecule has 1 saturated heterocycles. The van der Waals surface area contributed by atoms with Gasteiger partial charge in [-0.15, -0.1) is 0 Å². The van der Waals surface area contributed by atoms with Crippen molar-refractivity contribution in [2.45, 2.75) is 23.7 Å². The lowest BCUT2D eigenvalue weighted by molar-refractivity contribution is 0.270. The van der Waals surface area contributed by atoms with Crippen LogP contribution in [0.15, 0.2) is 50.2 Å². The molecule has 142 valence electrons. The van der Waals surface area contributed by atoms with Gasteiger partial charge >= 0.3 is 0 Å². The highest BCUT2D eigenvalue weighted by Crippen LogP contribution is 2.31. The summed E-state index contributed by atoms with van der Waals surface area (Å²) in [6.07, 6.45) is 1.23. The number of hydrogen-bond donors (Lipinski definition) is 0. The molecule has 1 aliphatic heterocycles. The molecule has 0 amide bonds. The number of furan rings is 1. The summed E-state index contributed by atoms with van der Waals surface area (Å²) in [5, 5.41) is 4.48. The van der Waals surface area contributed by atoms with Crippen LogP contribution < -0.4 is 0 Å². The summed E-state index contributed by atoms with van der Waals surface area (Å²) < 4.78 is 38.6. The van der Waals surface area contributed by atoms with Crippen LogP contribution in [0.25, 0.3) is 11.6 Å². The first-order valence-corrected chi connectivity index (χ1v) is 11.2. The Bertz CT molecular complexity index is 1040. The van der Waals surface area contributed by atoms with Crippen LogP contribution in [0.4, 0.5) is 0 Å². The summed E-state index contributed by atoms with van der Waals surface area (Å²) in [4.78, 5) is 4.66. The van der Waals surface area contributed by atoms with Crippen molar-refractivity contribution in [3.8, 4) is 11.6 Å². The molecule has 0 unspecified atom stereocenters. The largest absolute Gasteiger partial charge is 0.447 e. The Morgan fingerprint density at radius 1 is 1.11 bits per heavy atom. The van der Waals surface area contributed by atoms with Crippen molar-refractivity contribution in [1.29, 1.82) is 0 Å². The van der Waals surface area contributed by atoms with E-state index in [0.29, 0.717) is 48.4 Å². The molecule has 27 heavy (non-hydrogen) atoms. The van der Waals surface area contributed by atoms with Crippen molar-refractivity contribution in [3.05, 3.63) is 51.1 Å². The minimum Gasteiger partial charge on any atom is -0.447 e. The highest BCUT2D eigenvalue weighted by molar-refractivity contribution is 14.1. The molecule has 0 aliphatic carbocycles. The number of nitrogens with zero attached hydrogens (tertiary/aromatic N) is 3. The molecule has 0 atom stereocenters. The third kappa shape index (κ3) is 3.91. The molecule has 10 heteroatoms. The molecule has 0 N–H and O–H groups in total. The molecule has 0 radical (unpaired) electrons. The van der Waals surface area contributed by atoms with Gasteiger partial charge in [0, 0.05) is 24.0 Å². The van der Waals surface area contributed by atoms with Crippen LogP contribution in [-0.4, -0.2) is 36.0 Å². The molecular formula is C17H15ClIN3O4S. The SMILES string of the molecule is O=S(=O)(c1ccc(Cl)cc1)N1CCC(c2nc(-c3ccc(I)o3)no2)CC1. The molecule has 4 rings (SSSR count).